The standard InChI is InChI=1S/C30H48N4O9/c1-19(2)25-18-41-17-21(35)13-15-42-22-11-9-20(10-12-22)16-24(26(36)32-25)34-28(39)33-23(27(37)38)8-6-7-14-31-29(40)43-30(3,4)5/h9-12,19,21,23-25,35H,6-8,13-18H2,1-5H3,(H,31,40)(H,32,36)(H,37,38)(H2,33,34,39)/t21?,23?,24-,25-/m1/s1. The summed E-state index contributed by atoms with van der Waals surface area (Å²) in [6.07, 6.45) is 0.272. The van der Waals surface area contributed by atoms with Crippen molar-refractivity contribution in [2.45, 2.75) is 96.6 Å². The number of benzene rings is 1. The van der Waals surface area contributed by atoms with Gasteiger partial charge in [0.05, 0.1) is 32.0 Å². The van der Waals surface area contributed by atoms with Gasteiger partial charge in [-0.2, -0.15) is 0 Å². The number of urea groups is 1. The molecule has 1 aromatic carbocycles. The molecule has 13 heteroatoms. The van der Waals surface area contributed by atoms with Crippen molar-refractivity contribution in [1.82, 2.24) is 21.3 Å². The second-order valence-electron chi connectivity index (χ2n) is 12.0. The highest BCUT2D eigenvalue weighted by molar-refractivity contribution is 5.89. The van der Waals surface area contributed by atoms with Crippen LogP contribution in [-0.2, 0) is 25.5 Å². The monoisotopic (exact) mass is 608 g/mol. The number of carboxylic acids is 1. The number of aliphatic hydroxyl groups excluding tert-OH is 1. The Morgan fingerprint density at radius 2 is 1.81 bits per heavy atom. The first-order valence-electron chi connectivity index (χ1n) is 14.8. The summed E-state index contributed by atoms with van der Waals surface area (Å²) in [6, 6.07) is 3.66. The summed E-state index contributed by atoms with van der Waals surface area (Å²) < 4.78 is 16.5. The van der Waals surface area contributed by atoms with Gasteiger partial charge in [-0.3, -0.25) is 4.79 Å². The Hall–Kier alpha value is -3.58. The third-order valence-corrected chi connectivity index (χ3v) is 6.64. The molecule has 2 aliphatic heterocycles. The van der Waals surface area contributed by atoms with Crippen molar-refractivity contribution in [3.05, 3.63) is 29.8 Å². The first kappa shape index (κ1) is 35.6. The molecular formula is C30H48N4O9. The zero-order valence-corrected chi connectivity index (χ0v) is 25.8. The van der Waals surface area contributed by atoms with Crippen LogP contribution >= 0.6 is 0 Å². The maximum Gasteiger partial charge on any atom is 0.407 e. The molecule has 0 fully saturated rings. The van der Waals surface area contributed by atoms with Crippen LogP contribution < -0.4 is 26.0 Å². The average Bonchev–Trinajstić information content (AvgIpc) is 2.90. The Kier molecular flexibility index (Phi) is 14.5. The number of amides is 4. The first-order chi connectivity index (χ1) is 20.2. The SMILES string of the molecule is CC(C)[C@H]1COCC(O)CCOc2ccc(cc2)C[C@@H](NC(=O)NC(CCCCNC(=O)OC(C)(C)C)C(=O)O)C(=O)N1. The van der Waals surface area contributed by atoms with Crippen LogP contribution in [0.25, 0.3) is 0 Å². The van der Waals surface area contributed by atoms with Crippen molar-refractivity contribution < 1.29 is 43.6 Å². The number of nitrogens with one attached hydrogen (secondary N) is 4. The highest BCUT2D eigenvalue weighted by atomic mass is 16.6. The molecule has 2 unspecified atom stereocenters. The summed E-state index contributed by atoms with van der Waals surface area (Å²) in [6.45, 7) is 9.96. The van der Waals surface area contributed by atoms with Gasteiger partial charge in [0, 0.05) is 19.4 Å². The Morgan fingerprint density at radius 3 is 2.44 bits per heavy atom. The van der Waals surface area contributed by atoms with Crippen molar-refractivity contribution in [1.29, 1.82) is 0 Å². The lowest BCUT2D eigenvalue weighted by Crippen LogP contribution is -2.56. The van der Waals surface area contributed by atoms with Crippen LogP contribution in [0.3, 0.4) is 0 Å². The number of hydrogen-bond acceptors (Lipinski definition) is 8. The van der Waals surface area contributed by atoms with Gasteiger partial charge in [0.15, 0.2) is 0 Å². The summed E-state index contributed by atoms with van der Waals surface area (Å²) in [4.78, 5) is 49.9. The Balaban J connectivity index is 2.04. The van der Waals surface area contributed by atoms with Crippen LogP contribution in [-0.4, -0.2) is 90.4 Å². The molecular weight excluding hydrogens is 560 g/mol. The lowest BCUT2D eigenvalue weighted by molar-refractivity contribution is -0.139. The van der Waals surface area contributed by atoms with Crippen molar-refractivity contribution in [2.24, 2.45) is 5.92 Å². The lowest BCUT2D eigenvalue weighted by Gasteiger charge is -2.27. The van der Waals surface area contributed by atoms with Crippen molar-refractivity contribution in [2.75, 3.05) is 26.4 Å². The molecule has 0 aliphatic carbocycles. The number of hydrogen-bond donors (Lipinski definition) is 6. The van der Waals surface area contributed by atoms with Crippen LogP contribution in [0.15, 0.2) is 24.3 Å². The molecule has 4 amide bonds. The van der Waals surface area contributed by atoms with Crippen molar-refractivity contribution in [3.63, 3.8) is 0 Å². The summed E-state index contributed by atoms with van der Waals surface area (Å²) in [5, 5.41) is 30.5. The normalized spacial score (nSPS) is 20.8. The van der Waals surface area contributed by atoms with Gasteiger partial charge in [0.25, 0.3) is 0 Å². The van der Waals surface area contributed by atoms with E-state index in [1.54, 1.807) is 45.0 Å². The zero-order chi connectivity index (χ0) is 32.0. The topological polar surface area (TPSA) is 185 Å². The summed E-state index contributed by atoms with van der Waals surface area (Å²) in [7, 11) is 0. The molecule has 0 saturated carbocycles. The van der Waals surface area contributed by atoms with Gasteiger partial charge in [-0.15, -0.1) is 0 Å². The maximum absolute atomic E-state index is 13.4. The molecule has 0 saturated heterocycles. The average molecular weight is 609 g/mol. The molecule has 0 spiro atoms. The molecule has 1 aromatic rings. The van der Waals surface area contributed by atoms with E-state index in [1.165, 1.54) is 0 Å². The van der Waals surface area contributed by atoms with E-state index in [9.17, 15) is 29.4 Å². The predicted molar refractivity (Wildman–Crippen MR) is 159 cm³/mol. The molecule has 2 bridgehead atoms. The number of unbranched alkanes of at least 4 members (excludes halogenated alkanes) is 1. The first-order valence-corrected chi connectivity index (χ1v) is 14.8. The molecule has 0 radical (unpaired) electrons. The van der Waals surface area contributed by atoms with E-state index in [1.807, 2.05) is 13.8 Å². The number of aliphatic carboxylic acids is 1. The van der Waals surface area contributed by atoms with Crippen LogP contribution in [0.2, 0.25) is 0 Å². The molecule has 2 aliphatic rings. The Labute approximate surface area is 253 Å². The van der Waals surface area contributed by atoms with E-state index < -0.39 is 47.8 Å². The van der Waals surface area contributed by atoms with E-state index >= 15 is 0 Å². The molecule has 13 nitrogen and oxygen atoms in total. The molecule has 6 N–H and O–H groups in total. The quantitative estimate of drug-likeness (QED) is 0.229. The number of rotatable bonds is 9. The van der Waals surface area contributed by atoms with Gasteiger partial charge in [-0.1, -0.05) is 26.0 Å². The van der Waals surface area contributed by atoms with Crippen molar-refractivity contribution in [3.8, 4) is 5.75 Å². The molecule has 4 atom stereocenters. The fourth-order valence-electron chi connectivity index (χ4n) is 4.17. The van der Waals surface area contributed by atoms with E-state index in [2.05, 4.69) is 21.3 Å². The van der Waals surface area contributed by atoms with Crippen LogP contribution in [0, 0.1) is 5.92 Å². The van der Waals surface area contributed by atoms with Gasteiger partial charge in [-0.05, 0) is 63.6 Å². The number of carbonyl (C=O) groups is 4. The molecule has 0 aromatic heterocycles. The van der Waals surface area contributed by atoms with Crippen LogP contribution in [0.1, 0.15) is 65.9 Å². The lowest BCUT2D eigenvalue weighted by atomic mass is 10.0. The second kappa shape index (κ2) is 17.5. The van der Waals surface area contributed by atoms with Gasteiger partial charge in [0.2, 0.25) is 5.91 Å². The summed E-state index contributed by atoms with van der Waals surface area (Å²) in [5.74, 6) is -1.07. The largest absolute Gasteiger partial charge is 0.493 e. The molecule has 242 valence electrons. The maximum atomic E-state index is 13.4. The number of ether oxygens (including phenoxy) is 3. The smallest absolute Gasteiger partial charge is 0.407 e. The number of fused-ring (bicyclic) bond motifs is 13. The number of carboxylic acid groups (broad SMARTS) is 1. The van der Waals surface area contributed by atoms with Gasteiger partial charge < -0.3 is 45.7 Å². The molecule has 2 heterocycles. The van der Waals surface area contributed by atoms with E-state index in [0.29, 0.717) is 38.2 Å². The van der Waals surface area contributed by atoms with E-state index in [-0.39, 0.29) is 38.0 Å². The van der Waals surface area contributed by atoms with E-state index in [4.69, 9.17) is 14.2 Å². The highest BCUT2D eigenvalue weighted by Crippen LogP contribution is 2.15. The van der Waals surface area contributed by atoms with Crippen LogP contribution in [0.5, 0.6) is 5.75 Å². The van der Waals surface area contributed by atoms with Gasteiger partial charge in [0.1, 0.15) is 23.4 Å². The Bertz CT molecular complexity index is 1040. The minimum atomic E-state index is -1.22. The number of carbonyl (C=O) groups excluding carboxylic acids is 3. The third kappa shape index (κ3) is 14.4. The molecule has 43 heavy (non-hydrogen) atoms. The second-order valence-corrected chi connectivity index (χ2v) is 12.0. The van der Waals surface area contributed by atoms with Crippen LogP contribution in [0.4, 0.5) is 9.59 Å². The Morgan fingerprint density at radius 1 is 1.12 bits per heavy atom. The van der Waals surface area contributed by atoms with E-state index in [0.717, 1.165) is 5.56 Å². The number of aliphatic hydroxyl groups is 1. The highest BCUT2D eigenvalue weighted by Gasteiger charge is 2.28. The fourth-order valence-corrected chi connectivity index (χ4v) is 4.17. The minimum absolute atomic E-state index is 0.00160. The van der Waals surface area contributed by atoms with Crippen molar-refractivity contribution >= 4 is 24.0 Å². The summed E-state index contributed by atoms with van der Waals surface area (Å²) in [5.41, 5.74) is 0.132. The zero-order valence-electron chi connectivity index (χ0n) is 25.8. The van der Waals surface area contributed by atoms with Gasteiger partial charge >= 0.3 is 18.1 Å². The number of alkyl carbamates (subject to hydrolysis) is 1. The minimum Gasteiger partial charge on any atom is -0.493 e. The van der Waals surface area contributed by atoms with Gasteiger partial charge in [-0.25, -0.2) is 14.4 Å². The summed E-state index contributed by atoms with van der Waals surface area (Å²) >= 11 is 0. The third-order valence-electron chi connectivity index (χ3n) is 6.64. The predicted octanol–water partition coefficient (Wildman–Crippen LogP) is 2.35. The fraction of sp³-hybridized carbons (Fsp3) is 0.667. The molecule has 3 rings (SSSR count).